The minimum atomic E-state index is -0.210. The highest BCUT2D eigenvalue weighted by molar-refractivity contribution is 5.77. The number of benzene rings is 1. The summed E-state index contributed by atoms with van der Waals surface area (Å²) in [6, 6.07) is 17.7. The maximum atomic E-state index is 11.5. The van der Waals surface area contributed by atoms with E-state index in [0.29, 0.717) is 18.0 Å². The first-order chi connectivity index (χ1) is 15.7. The van der Waals surface area contributed by atoms with Crippen molar-refractivity contribution in [3.05, 3.63) is 66.4 Å². The molecule has 1 aliphatic rings. The Labute approximate surface area is 185 Å². The van der Waals surface area contributed by atoms with Gasteiger partial charge in [0.15, 0.2) is 11.5 Å². The third-order valence-electron chi connectivity index (χ3n) is 5.82. The van der Waals surface area contributed by atoms with Gasteiger partial charge in [-0.15, -0.1) is 15.3 Å². The molecule has 1 fully saturated rings. The number of pyridine rings is 1. The average Bonchev–Trinajstić information content (AvgIpc) is 3.27. The lowest BCUT2D eigenvalue weighted by atomic mass is 9.96. The van der Waals surface area contributed by atoms with E-state index in [1.807, 2.05) is 48.5 Å². The molecule has 4 aromatic rings. The van der Waals surface area contributed by atoms with Crippen molar-refractivity contribution in [1.29, 1.82) is 0 Å². The van der Waals surface area contributed by atoms with Crippen molar-refractivity contribution in [2.45, 2.75) is 19.4 Å². The number of nitrogens with one attached hydrogen (secondary N) is 1. The SMILES string of the molecule is NC(=O)C1CCN(c2ncccc2CNc2ccc3nnc(-c4ccccc4)n3n2)CC1. The second kappa shape index (κ2) is 8.62. The van der Waals surface area contributed by atoms with Crippen molar-refractivity contribution in [3.63, 3.8) is 0 Å². The smallest absolute Gasteiger partial charge is 0.220 e. The summed E-state index contributed by atoms with van der Waals surface area (Å²) >= 11 is 0. The van der Waals surface area contributed by atoms with Crippen LogP contribution in [0.25, 0.3) is 17.0 Å². The summed E-state index contributed by atoms with van der Waals surface area (Å²) in [6.45, 7) is 2.10. The van der Waals surface area contributed by atoms with Crippen LogP contribution in [0, 0.1) is 5.92 Å². The molecule has 162 valence electrons. The summed E-state index contributed by atoms with van der Waals surface area (Å²) < 4.78 is 1.75. The number of amides is 1. The first-order valence-corrected chi connectivity index (χ1v) is 10.7. The lowest BCUT2D eigenvalue weighted by Gasteiger charge is -2.32. The van der Waals surface area contributed by atoms with Crippen molar-refractivity contribution in [2.75, 3.05) is 23.3 Å². The van der Waals surface area contributed by atoms with Crippen LogP contribution in [0.2, 0.25) is 0 Å². The van der Waals surface area contributed by atoms with Gasteiger partial charge in [0, 0.05) is 42.9 Å². The number of anilines is 2. The van der Waals surface area contributed by atoms with Gasteiger partial charge in [-0.05, 0) is 31.0 Å². The monoisotopic (exact) mass is 428 g/mol. The Morgan fingerprint density at radius 2 is 1.84 bits per heavy atom. The van der Waals surface area contributed by atoms with Gasteiger partial charge < -0.3 is 16.0 Å². The number of rotatable bonds is 6. The zero-order valence-corrected chi connectivity index (χ0v) is 17.6. The Balaban J connectivity index is 1.34. The number of carbonyl (C=O) groups excluding carboxylic acids is 1. The molecule has 9 nitrogen and oxygen atoms in total. The first kappa shape index (κ1) is 19.9. The minimum absolute atomic E-state index is 0.0462. The summed E-state index contributed by atoms with van der Waals surface area (Å²) in [5, 5.41) is 16.6. The number of primary amides is 1. The summed E-state index contributed by atoms with van der Waals surface area (Å²) in [7, 11) is 0. The highest BCUT2D eigenvalue weighted by Gasteiger charge is 2.25. The molecule has 1 aromatic carbocycles. The van der Waals surface area contributed by atoms with Crippen molar-refractivity contribution in [3.8, 4) is 11.4 Å². The second-order valence-electron chi connectivity index (χ2n) is 7.88. The molecule has 1 aliphatic heterocycles. The van der Waals surface area contributed by atoms with Gasteiger partial charge in [-0.1, -0.05) is 36.4 Å². The molecular formula is C23H24N8O. The average molecular weight is 429 g/mol. The Bertz CT molecular complexity index is 1230. The van der Waals surface area contributed by atoms with E-state index >= 15 is 0 Å². The molecular weight excluding hydrogens is 404 g/mol. The van der Waals surface area contributed by atoms with Gasteiger partial charge >= 0.3 is 0 Å². The highest BCUT2D eigenvalue weighted by atomic mass is 16.1. The largest absolute Gasteiger partial charge is 0.369 e. The van der Waals surface area contributed by atoms with Gasteiger partial charge in [-0.2, -0.15) is 4.52 Å². The van der Waals surface area contributed by atoms with Gasteiger partial charge in [0.05, 0.1) is 0 Å². The van der Waals surface area contributed by atoms with E-state index < -0.39 is 0 Å². The summed E-state index contributed by atoms with van der Waals surface area (Å²) in [6.07, 6.45) is 3.31. The fourth-order valence-electron chi connectivity index (χ4n) is 4.06. The number of carbonyl (C=O) groups is 1. The van der Waals surface area contributed by atoms with Crippen molar-refractivity contribution in [2.24, 2.45) is 11.7 Å². The zero-order chi connectivity index (χ0) is 21.9. The molecule has 0 saturated carbocycles. The lowest BCUT2D eigenvalue weighted by molar-refractivity contribution is -0.122. The fourth-order valence-corrected chi connectivity index (χ4v) is 4.06. The van der Waals surface area contributed by atoms with Crippen LogP contribution in [-0.2, 0) is 11.3 Å². The molecule has 0 unspecified atom stereocenters. The molecule has 9 heteroatoms. The maximum absolute atomic E-state index is 11.5. The number of hydrogen-bond donors (Lipinski definition) is 2. The van der Waals surface area contributed by atoms with E-state index in [2.05, 4.69) is 31.5 Å². The first-order valence-electron chi connectivity index (χ1n) is 10.7. The van der Waals surface area contributed by atoms with Crippen LogP contribution in [0.1, 0.15) is 18.4 Å². The van der Waals surface area contributed by atoms with Crippen molar-refractivity contribution in [1.82, 2.24) is 24.8 Å². The van der Waals surface area contributed by atoms with E-state index in [1.54, 1.807) is 10.7 Å². The number of piperidine rings is 1. The molecule has 1 saturated heterocycles. The topological polar surface area (TPSA) is 114 Å². The minimum Gasteiger partial charge on any atom is -0.369 e. The quantitative estimate of drug-likeness (QED) is 0.485. The molecule has 3 aromatic heterocycles. The molecule has 0 spiro atoms. The van der Waals surface area contributed by atoms with Gasteiger partial charge in [0.1, 0.15) is 11.6 Å². The molecule has 4 heterocycles. The Kier molecular flexibility index (Phi) is 5.37. The Hall–Kier alpha value is -4.01. The van der Waals surface area contributed by atoms with E-state index in [9.17, 15) is 4.79 Å². The standard InChI is InChI=1S/C23H24N8O/c24-21(32)16-10-13-30(14-11-16)22-18(7-4-12-25-22)15-26-19-8-9-20-27-28-23(31(20)29-19)17-5-2-1-3-6-17/h1-9,12,16H,10-11,13-15H2,(H2,24,32)(H,26,29). The maximum Gasteiger partial charge on any atom is 0.220 e. The highest BCUT2D eigenvalue weighted by Crippen LogP contribution is 2.25. The van der Waals surface area contributed by atoms with E-state index in [1.165, 1.54) is 0 Å². The number of nitrogens with two attached hydrogens (primary N) is 1. The van der Waals surface area contributed by atoms with E-state index in [-0.39, 0.29) is 11.8 Å². The van der Waals surface area contributed by atoms with Crippen LogP contribution in [0.4, 0.5) is 11.6 Å². The third kappa shape index (κ3) is 3.96. The van der Waals surface area contributed by atoms with Gasteiger partial charge in [-0.3, -0.25) is 4.79 Å². The second-order valence-corrected chi connectivity index (χ2v) is 7.88. The normalized spacial score (nSPS) is 14.6. The number of fused-ring (bicyclic) bond motifs is 1. The number of hydrogen-bond acceptors (Lipinski definition) is 7. The predicted octanol–water partition coefficient (Wildman–Crippen LogP) is 2.50. The van der Waals surface area contributed by atoms with Crippen LogP contribution in [0.3, 0.4) is 0 Å². The fraction of sp³-hybridized carbons (Fsp3) is 0.261. The van der Waals surface area contributed by atoms with Crippen molar-refractivity contribution >= 4 is 23.2 Å². The number of aromatic nitrogens is 5. The third-order valence-corrected chi connectivity index (χ3v) is 5.82. The molecule has 0 aliphatic carbocycles. The Morgan fingerprint density at radius 3 is 2.62 bits per heavy atom. The van der Waals surface area contributed by atoms with Crippen LogP contribution in [0.5, 0.6) is 0 Å². The van der Waals surface area contributed by atoms with Gasteiger partial charge in [0.25, 0.3) is 0 Å². The lowest BCUT2D eigenvalue weighted by Crippen LogP contribution is -2.39. The van der Waals surface area contributed by atoms with E-state index in [0.717, 1.165) is 48.7 Å². The van der Waals surface area contributed by atoms with Crippen molar-refractivity contribution < 1.29 is 4.79 Å². The molecule has 0 atom stereocenters. The van der Waals surface area contributed by atoms with Crippen LogP contribution in [-0.4, -0.2) is 43.8 Å². The molecule has 1 amide bonds. The molecule has 0 radical (unpaired) electrons. The number of nitrogens with zero attached hydrogens (tertiary/aromatic N) is 6. The predicted molar refractivity (Wildman–Crippen MR) is 122 cm³/mol. The zero-order valence-electron chi connectivity index (χ0n) is 17.6. The summed E-state index contributed by atoms with van der Waals surface area (Å²) in [4.78, 5) is 18.3. The molecule has 5 rings (SSSR count). The molecule has 3 N–H and O–H groups in total. The summed E-state index contributed by atoms with van der Waals surface area (Å²) in [5.41, 5.74) is 8.19. The van der Waals surface area contributed by atoms with E-state index in [4.69, 9.17) is 10.8 Å². The van der Waals surface area contributed by atoms with Crippen LogP contribution >= 0.6 is 0 Å². The Morgan fingerprint density at radius 1 is 1.03 bits per heavy atom. The summed E-state index contributed by atoms with van der Waals surface area (Å²) in [5.74, 6) is 2.09. The van der Waals surface area contributed by atoms with Gasteiger partial charge in [0.2, 0.25) is 5.91 Å². The molecule has 0 bridgehead atoms. The van der Waals surface area contributed by atoms with Gasteiger partial charge in [-0.25, -0.2) is 4.98 Å². The van der Waals surface area contributed by atoms with Crippen LogP contribution in [0.15, 0.2) is 60.8 Å². The van der Waals surface area contributed by atoms with Crippen LogP contribution < -0.4 is 16.0 Å². The molecule has 32 heavy (non-hydrogen) atoms.